The van der Waals surface area contributed by atoms with Crippen molar-refractivity contribution in [3.63, 3.8) is 0 Å². The normalized spacial score (nSPS) is 17.0. The van der Waals surface area contributed by atoms with Crippen LogP contribution in [0, 0.1) is 11.6 Å². The quantitative estimate of drug-likeness (QED) is 0.320. The molecule has 2 N–H and O–H groups in total. The fourth-order valence-corrected chi connectivity index (χ4v) is 4.87. The van der Waals surface area contributed by atoms with Crippen LogP contribution < -0.4 is 5.73 Å². The summed E-state index contributed by atoms with van der Waals surface area (Å²) in [7, 11) is 1.46. The minimum absolute atomic E-state index is 0.0201. The number of aromatic nitrogens is 5. The van der Waals surface area contributed by atoms with E-state index < -0.39 is 24.1 Å². The van der Waals surface area contributed by atoms with E-state index in [-0.39, 0.29) is 40.8 Å². The van der Waals surface area contributed by atoms with E-state index in [9.17, 15) is 18.0 Å². The predicted octanol–water partition coefficient (Wildman–Crippen LogP) is 4.88. The summed E-state index contributed by atoms with van der Waals surface area (Å²) in [5, 5.41) is 3.90. The third-order valence-corrected chi connectivity index (χ3v) is 6.95. The maximum absolute atomic E-state index is 15.0. The number of carbonyl (C=O) groups is 1. The number of amides is 1. The number of halogens is 4. The van der Waals surface area contributed by atoms with Crippen molar-refractivity contribution in [1.29, 1.82) is 0 Å². The number of benzene rings is 2. The second kappa shape index (κ2) is 8.82. The second-order valence-electron chi connectivity index (χ2n) is 9.43. The van der Waals surface area contributed by atoms with Gasteiger partial charge in [0.15, 0.2) is 0 Å². The fraction of sp³-hybridized carbons (Fsp3) is 0.231. The molecule has 0 aliphatic heterocycles. The number of nitrogen functional groups attached to an aromatic ring is 1. The Morgan fingerprint density at radius 1 is 1.13 bits per heavy atom. The largest absolute Gasteiger partial charge is 0.382 e. The number of fused-ring (bicyclic) bond motifs is 3. The number of alkyl halides is 2. The Kier molecular flexibility index (Phi) is 5.55. The van der Waals surface area contributed by atoms with Crippen molar-refractivity contribution in [1.82, 2.24) is 29.0 Å². The van der Waals surface area contributed by atoms with E-state index in [2.05, 4.69) is 15.1 Å². The van der Waals surface area contributed by atoms with Gasteiger partial charge in [0.05, 0.1) is 34.8 Å². The smallest absolute Gasteiger partial charge is 0.333 e. The summed E-state index contributed by atoms with van der Waals surface area (Å²) in [6, 6.07) is 8.81. The lowest BCUT2D eigenvalue weighted by Crippen LogP contribution is -2.27. The van der Waals surface area contributed by atoms with Crippen molar-refractivity contribution in [3.8, 4) is 0 Å². The number of hydrogen-bond acceptors (Lipinski definition) is 5. The summed E-state index contributed by atoms with van der Waals surface area (Å²) < 4.78 is 57.7. The van der Waals surface area contributed by atoms with Crippen LogP contribution in [0.2, 0.25) is 0 Å². The minimum atomic E-state index is -2.71. The Labute approximate surface area is 213 Å². The highest BCUT2D eigenvalue weighted by Crippen LogP contribution is 2.54. The van der Waals surface area contributed by atoms with Gasteiger partial charge in [0.25, 0.3) is 5.91 Å². The van der Waals surface area contributed by atoms with E-state index >= 15 is 4.39 Å². The molecule has 3 heterocycles. The van der Waals surface area contributed by atoms with Gasteiger partial charge in [0.1, 0.15) is 23.0 Å². The molecule has 0 radical (unpaired) electrons. The zero-order valence-electron chi connectivity index (χ0n) is 20.0. The van der Waals surface area contributed by atoms with Crippen molar-refractivity contribution in [3.05, 3.63) is 89.1 Å². The van der Waals surface area contributed by atoms with E-state index in [1.807, 2.05) is 0 Å². The van der Waals surface area contributed by atoms with E-state index in [0.717, 1.165) is 11.6 Å². The highest BCUT2D eigenvalue weighted by molar-refractivity contribution is 5.98. The van der Waals surface area contributed by atoms with Gasteiger partial charge in [0.2, 0.25) is 0 Å². The average molecular weight is 523 g/mol. The molecule has 1 amide bonds. The van der Waals surface area contributed by atoms with Gasteiger partial charge in [-0.05, 0) is 36.1 Å². The van der Waals surface area contributed by atoms with Crippen LogP contribution in [-0.2, 0) is 6.54 Å². The monoisotopic (exact) mass is 523 g/mol. The molecule has 8 nitrogen and oxygen atoms in total. The first kappa shape index (κ1) is 23.9. The predicted molar refractivity (Wildman–Crippen MR) is 131 cm³/mol. The average Bonchev–Trinajstić information content (AvgIpc) is 3.26. The van der Waals surface area contributed by atoms with Crippen LogP contribution in [0.4, 0.5) is 23.4 Å². The van der Waals surface area contributed by atoms with Gasteiger partial charge in [-0.1, -0.05) is 12.1 Å². The van der Waals surface area contributed by atoms with Gasteiger partial charge in [-0.25, -0.2) is 23.4 Å². The number of rotatable bonds is 6. The SMILES string of the molecule is CN(Cc1ccc([C@@H]2C[C@H]2c2ccn(C(F)F)n2)cc1F)C(=O)c1cc2c(cc1F)nc(N)c1cncn12. The summed E-state index contributed by atoms with van der Waals surface area (Å²) in [5.41, 5.74) is 8.51. The van der Waals surface area contributed by atoms with Crippen LogP contribution in [-0.4, -0.2) is 42.0 Å². The van der Waals surface area contributed by atoms with Crippen molar-refractivity contribution >= 4 is 28.3 Å². The second-order valence-corrected chi connectivity index (χ2v) is 9.43. The van der Waals surface area contributed by atoms with Crippen molar-refractivity contribution < 1.29 is 22.4 Å². The lowest BCUT2D eigenvalue weighted by molar-refractivity contribution is 0.0561. The Morgan fingerprint density at radius 2 is 1.95 bits per heavy atom. The first-order valence-electron chi connectivity index (χ1n) is 11.8. The Bertz CT molecular complexity index is 1710. The molecule has 1 aliphatic rings. The Hall–Kier alpha value is -4.48. The van der Waals surface area contributed by atoms with E-state index in [0.29, 0.717) is 27.8 Å². The number of nitrogens with two attached hydrogens (primary N) is 1. The van der Waals surface area contributed by atoms with Crippen LogP contribution >= 0.6 is 0 Å². The Morgan fingerprint density at radius 3 is 2.68 bits per heavy atom. The molecule has 2 atom stereocenters. The molecule has 6 rings (SSSR count). The molecule has 194 valence electrons. The van der Waals surface area contributed by atoms with Crippen molar-refractivity contribution in [2.24, 2.45) is 0 Å². The molecule has 5 aromatic rings. The summed E-state index contributed by atoms with van der Waals surface area (Å²) in [5.74, 6) is -1.80. The van der Waals surface area contributed by atoms with Crippen LogP contribution in [0.15, 0.2) is 55.1 Å². The summed E-state index contributed by atoms with van der Waals surface area (Å²) in [4.78, 5) is 22.6. The number of nitrogens with zero attached hydrogens (tertiary/aromatic N) is 6. The number of anilines is 1. The lowest BCUT2D eigenvalue weighted by atomic mass is 10.0. The first-order valence-corrected chi connectivity index (χ1v) is 11.8. The maximum atomic E-state index is 15.0. The highest BCUT2D eigenvalue weighted by Gasteiger charge is 2.41. The van der Waals surface area contributed by atoms with Gasteiger partial charge in [-0.2, -0.15) is 13.9 Å². The molecule has 2 aromatic carbocycles. The van der Waals surface area contributed by atoms with Gasteiger partial charge < -0.3 is 10.6 Å². The van der Waals surface area contributed by atoms with Crippen LogP contribution in [0.3, 0.4) is 0 Å². The summed E-state index contributed by atoms with van der Waals surface area (Å²) in [6.07, 6.45) is 4.93. The standard InChI is InChI=1S/C26H21F4N7O/c1-35(25(38)17-8-22-21(9-19(17)28)33-24(31)23-10-32-12-36(22)23)11-14-3-2-13(6-18(14)27)15-7-16(15)20-4-5-37(34-20)26(29)30/h2-6,8-10,12,15-16,26H,7,11H2,1H3,(H2,31,33)/t15-,16+/m0/s1. The van der Waals surface area contributed by atoms with Crippen LogP contribution in [0.1, 0.15) is 52.0 Å². The molecule has 1 saturated carbocycles. The number of carbonyl (C=O) groups excluding carboxylic acids is 1. The molecular formula is C26H21F4N7O. The molecule has 0 unspecified atom stereocenters. The van der Waals surface area contributed by atoms with Gasteiger partial charge in [-0.3, -0.25) is 9.20 Å². The summed E-state index contributed by atoms with van der Waals surface area (Å²) >= 11 is 0. The molecule has 0 bridgehead atoms. The third kappa shape index (κ3) is 4.01. The molecule has 12 heteroatoms. The zero-order chi connectivity index (χ0) is 26.7. The maximum Gasteiger partial charge on any atom is 0.333 e. The highest BCUT2D eigenvalue weighted by atomic mass is 19.3. The lowest BCUT2D eigenvalue weighted by Gasteiger charge is -2.19. The fourth-order valence-electron chi connectivity index (χ4n) is 4.87. The zero-order valence-corrected chi connectivity index (χ0v) is 20.0. The van der Waals surface area contributed by atoms with Gasteiger partial charge >= 0.3 is 6.55 Å². The summed E-state index contributed by atoms with van der Waals surface area (Å²) in [6.45, 7) is -2.79. The minimum Gasteiger partial charge on any atom is -0.382 e. The van der Waals surface area contributed by atoms with Crippen molar-refractivity contribution in [2.75, 3.05) is 12.8 Å². The number of imidazole rings is 1. The molecular weight excluding hydrogens is 502 g/mol. The van der Waals surface area contributed by atoms with Crippen molar-refractivity contribution in [2.45, 2.75) is 31.4 Å². The third-order valence-electron chi connectivity index (χ3n) is 6.95. The van der Waals surface area contributed by atoms with Gasteiger partial charge in [-0.15, -0.1) is 0 Å². The molecule has 1 aliphatic carbocycles. The molecule has 1 fully saturated rings. The van der Waals surface area contributed by atoms with Crippen LogP contribution in [0.5, 0.6) is 0 Å². The van der Waals surface area contributed by atoms with E-state index in [1.54, 1.807) is 22.6 Å². The molecule has 0 spiro atoms. The van der Waals surface area contributed by atoms with Crippen LogP contribution in [0.25, 0.3) is 16.6 Å². The Balaban J connectivity index is 1.20. The topological polar surface area (TPSA) is 94.3 Å². The first-order chi connectivity index (χ1) is 18.2. The van der Waals surface area contributed by atoms with Gasteiger partial charge in [0, 0.05) is 37.3 Å². The van der Waals surface area contributed by atoms with E-state index in [4.69, 9.17) is 5.73 Å². The molecule has 3 aromatic heterocycles. The molecule has 38 heavy (non-hydrogen) atoms. The van der Waals surface area contributed by atoms with E-state index in [1.165, 1.54) is 42.8 Å². The molecule has 0 saturated heterocycles. The number of hydrogen-bond donors (Lipinski definition) is 1.